The molecule has 0 unspecified atom stereocenters. The van der Waals surface area contributed by atoms with E-state index in [1.54, 1.807) is 31.3 Å². The fourth-order valence-corrected chi connectivity index (χ4v) is 1.49. The average molecular weight is 265 g/mol. The summed E-state index contributed by atoms with van der Waals surface area (Å²) in [6, 6.07) is 5.00. The maximum absolute atomic E-state index is 11.1. The second kappa shape index (κ2) is 8.13. The summed E-state index contributed by atoms with van der Waals surface area (Å²) >= 11 is 0. The molecule has 19 heavy (non-hydrogen) atoms. The van der Waals surface area contributed by atoms with Crippen molar-refractivity contribution in [3.05, 3.63) is 23.8 Å². The van der Waals surface area contributed by atoms with Crippen LogP contribution >= 0.6 is 0 Å². The molecule has 0 heterocycles. The van der Waals surface area contributed by atoms with E-state index in [-0.39, 0.29) is 11.7 Å². The minimum Gasteiger partial charge on any atom is -0.504 e. The average Bonchev–Trinajstić information content (AvgIpc) is 2.40. The molecule has 0 saturated carbocycles. The first kappa shape index (κ1) is 15.0. The lowest BCUT2D eigenvalue weighted by Crippen LogP contribution is -2.04. The molecular weight excluding hydrogens is 246 g/mol. The summed E-state index contributed by atoms with van der Waals surface area (Å²) in [5.41, 5.74) is 0.839. The molecule has 0 spiro atoms. The molecule has 1 N–H and O–H groups in total. The molecule has 1 aromatic rings. The van der Waals surface area contributed by atoms with Crippen LogP contribution < -0.4 is 4.74 Å². The van der Waals surface area contributed by atoms with E-state index >= 15 is 0 Å². The molecule has 0 atom stereocenters. The van der Waals surface area contributed by atoms with Gasteiger partial charge in [-0.3, -0.25) is 9.79 Å². The van der Waals surface area contributed by atoms with Gasteiger partial charge in [0.2, 0.25) is 0 Å². The molecule has 0 aliphatic carbocycles. The van der Waals surface area contributed by atoms with Crippen LogP contribution in [0.15, 0.2) is 23.2 Å². The molecule has 0 aliphatic rings. The van der Waals surface area contributed by atoms with Gasteiger partial charge >= 0.3 is 5.97 Å². The summed E-state index contributed by atoms with van der Waals surface area (Å²) in [6.07, 6.45) is 2.72. The fraction of sp³-hybridized carbons (Fsp3) is 0.429. The Morgan fingerprint density at radius 1 is 1.47 bits per heavy atom. The normalized spacial score (nSPS) is 10.6. The van der Waals surface area contributed by atoms with E-state index in [9.17, 15) is 9.90 Å². The van der Waals surface area contributed by atoms with E-state index in [1.807, 2.05) is 0 Å². The van der Waals surface area contributed by atoms with Crippen molar-refractivity contribution in [2.24, 2.45) is 4.99 Å². The van der Waals surface area contributed by atoms with Gasteiger partial charge in [0.15, 0.2) is 11.5 Å². The predicted molar refractivity (Wildman–Crippen MR) is 73.0 cm³/mol. The van der Waals surface area contributed by atoms with Crippen LogP contribution in [0.3, 0.4) is 0 Å². The van der Waals surface area contributed by atoms with Crippen molar-refractivity contribution in [1.29, 1.82) is 0 Å². The highest BCUT2D eigenvalue weighted by atomic mass is 16.5. The summed E-state index contributed by atoms with van der Waals surface area (Å²) in [4.78, 5) is 15.3. The number of carbonyl (C=O) groups excluding carboxylic acids is 1. The van der Waals surface area contributed by atoms with Crippen LogP contribution in [0.1, 0.15) is 25.3 Å². The van der Waals surface area contributed by atoms with E-state index in [4.69, 9.17) is 9.47 Å². The molecular formula is C14H19NO4. The predicted octanol–water partition coefficient (Wildman–Crippen LogP) is 2.16. The van der Waals surface area contributed by atoms with Crippen molar-refractivity contribution >= 4 is 12.2 Å². The number of methoxy groups -OCH3 is 1. The van der Waals surface area contributed by atoms with Crippen molar-refractivity contribution in [3.8, 4) is 11.5 Å². The Morgan fingerprint density at radius 2 is 2.26 bits per heavy atom. The Morgan fingerprint density at radius 3 is 2.95 bits per heavy atom. The Kier molecular flexibility index (Phi) is 6.43. The van der Waals surface area contributed by atoms with Gasteiger partial charge in [0, 0.05) is 19.2 Å². The van der Waals surface area contributed by atoms with Crippen LogP contribution in [-0.2, 0) is 9.53 Å². The Balaban J connectivity index is 2.38. The van der Waals surface area contributed by atoms with Crippen LogP contribution in [-0.4, -0.2) is 37.6 Å². The van der Waals surface area contributed by atoms with Gasteiger partial charge in [-0.05, 0) is 37.1 Å². The lowest BCUT2D eigenvalue weighted by Gasteiger charge is -2.03. The Labute approximate surface area is 112 Å². The Bertz CT molecular complexity index is 443. The number of aliphatic imine (C=N–C) groups is 1. The molecule has 5 heteroatoms. The van der Waals surface area contributed by atoms with Gasteiger partial charge < -0.3 is 14.6 Å². The SMILES string of the molecule is CCOC(=O)CCCN=Cc1ccc(O)c(OC)c1. The van der Waals surface area contributed by atoms with Gasteiger partial charge in [0.25, 0.3) is 0 Å². The van der Waals surface area contributed by atoms with E-state index < -0.39 is 0 Å². The van der Waals surface area contributed by atoms with Gasteiger partial charge in [0.1, 0.15) is 0 Å². The molecule has 0 aromatic heterocycles. The number of phenols is 1. The van der Waals surface area contributed by atoms with Crippen LogP contribution in [0.4, 0.5) is 0 Å². The first-order valence-electron chi connectivity index (χ1n) is 6.19. The quantitative estimate of drug-likeness (QED) is 0.466. The molecule has 0 aliphatic heterocycles. The van der Waals surface area contributed by atoms with E-state index in [2.05, 4.69) is 4.99 Å². The summed E-state index contributed by atoms with van der Waals surface area (Å²) in [5, 5.41) is 9.44. The minimum absolute atomic E-state index is 0.0990. The number of nitrogens with zero attached hydrogens (tertiary/aromatic N) is 1. The molecule has 0 bridgehead atoms. The van der Waals surface area contributed by atoms with Crippen LogP contribution in [0, 0.1) is 0 Å². The lowest BCUT2D eigenvalue weighted by atomic mass is 10.2. The van der Waals surface area contributed by atoms with E-state index in [0.29, 0.717) is 31.7 Å². The summed E-state index contributed by atoms with van der Waals surface area (Å²) < 4.78 is 9.81. The smallest absolute Gasteiger partial charge is 0.305 e. The zero-order valence-electron chi connectivity index (χ0n) is 11.3. The number of benzene rings is 1. The van der Waals surface area contributed by atoms with Crippen molar-refractivity contribution in [3.63, 3.8) is 0 Å². The second-order valence-corrected chi connectivity index (χ2v) is 3.88. The monoisotopic (exact) mass is 265 g/mol. The van der Waals surface area contributed by atoms with Crippen molar-refractivity contribution < 1.29 is 19.4 Å². The van der Waals surface area contributed by atoms with Crippen LogP contribution in [0.25, 0.3) is 0 Å². The minimum atomic E-state index is -0.191. The topological polar surface area (TPSA) is 68.1 Å². The van der Waals surface area contributed by atoms with E-state index in [0.717, 1.165) is 5.56 Å². The molecule has 104 valence electrons. The zero-order chi connectivity index (χ0) is 14.1. The Hall–Kier alpha value is -2.04. The van der Waals surface area contributed by atoms with Crippen molar-refractivity contribution in [2.75, 3.05) is 20.3 Å². The lowest BCUT2D eigenvalue weighted by molar-refractivity contribution is -0.143. The van der Waals surface area contributed by atoms with Gasteiger partial charge in [0.05, 0.1) is 13.7 Å². The van der Waals surface area contributed by atoms with Gasteiger partial charge in [-0.25, -0.2) is 0 Å². The van der Waals surface area contributed by atoms with Crippen molar-refractivity contribution in [1.82, 2.24) is 0 Å². The zero-order valence-corrected chi connectivity index (χ0v) is 11.3. The van der Waals surface area contributed by atoms with E-state index in [1.165, 1.54) is 7.11 Å². The highest BCUT2D eigenvalue weighted by Crippen LogP contribution is 2.25. The van der Waals surface area contributed by atoms with Crippen LogP contribution in [0.5, 0.6) is 11.5 Å². The van der Waals surface area contributed by atoms with Gasteiger partial charge in [-0.15, -0.1) is 0 Å². The first-order valence-corrected chi connectivity index (χ1v) is 6.19. The number of carbonyl (C=O) groups is 1. The highest BCUT2D eigenvalue weighted by Gasteiger charge is 2.01. The second-order valence-electron chi connectivity index (χ2n) is 3.88. The summed E-state index contributed by atoms with van der Waals surface area (Å²) in [5.74, 6) is 0.321. The molecule has 0 amide bonds. The summed E-state index contributed by atoms with van der Waals surface area (Å²) in [6.45, 7) is 2.76. The third-order valence-corrected chi connectivity index (χ3v) is 2.42. The number of rotatable bonds is 7. The molecule has 0 radical (unpaired) electrons. The highest BCUT2D eigenvalue weighted by molar-refractivity contribution is 5.80. The number of aromatic hydroxyl groups is 1. The molecule has 0 saturated heterocycles. The van der Waals surface area contributed by atoms with Crippen LogP contribution in [0.2, 0.25) is 0 Å². The molecule has 1 aromatic carbocycles. The molecule has 5 nitrogen and oxygen atoms in total. The van der Waals surface area contributed by atoms with Gasteiger partial charge in [-0.1, -0.05) is 0 Å². The first-order chi connectivity index (χ1) is 9.17. The molecule has 0 fully saturated rings. The maximum atomic E-state index is 11.1. The molecule has 1 rings (SSSR count). The fourth-order valence-electron chi connectivity index (χ4n) is 1.49. The van der Waals surface area contributed by atoms with Gasteiger partial charge in [-0.2, -0.15) is 0 Å². The number of ether oxygens (including phenoxy) is 2. The number of hydrogen-bond acceptors (Lipinski definition) is 5. The third kappa shape index (κ3) is 5.42. The van der Waals surface area contributed by atoms with Crippen molar-refractivity contribution in [2.45, 2.75) is 19.8 Å². The standard InChI is InChI=1S/C14H19NO4/c1-3-19-14(17)5-4-8-15-10-11-6-7-12(16)13(9-11)18-2/h6-7,9-10,16H,3-5,8H2,1-2H3. The summed E-state index contributed by atoms with van der Waals surface area (Å²) in [7, 11) is 1.50. The number of hydrogen-bond donors (Lipinski definition) is 1. The number of esters is 1. The third-order valence-electron chi connectivity index (χ3n) is 2.42. The maximum Gasteiger partial charge on any atom is 0.305 e. The number of phenolic OH excluding ortho intramolecular Hbond substituents is 1. The largest absolute Gasteiger partial charge is 0.504 e.